The maximum Gasteiger partial charge on any atom is 0.271 e. The van der Waals surface area contributed by atoms with Gasteiger partial charge in [-0.25, -0.2) is 5.43 Å². The van der Waals surface area contributed by atoms with Gasteiger partial charge in [-0.1, -0.05) is 17.7 Å². The molecule has 2 bridgehead atoms. The molecule has 94 valence electrons. The molecule has 18 heavy (non-hydrogen) atoms. The maximum absolute atomic E-state index is 11.9. The van der Waals surface area contributed by atoms with Gasteiger partial charge >= 0.3 is 0 Å². The second kappa shape index (κ2) is 4.73. The molecule has 1 aromatic carbocycles. The molecule has 0 spiro atoms. The number of amides is 1. The Hall–Kier alpha value is -1.35. The molecule has 3 nitrogen and oxygen atoms in total. The highest BCUT2D eigenvalue weighted by molar-refractivity contribution is 6.30. The van der Waals surface area contributed by atoms with E-state index >= 15 is 0 Å². The van der Waals surface area contributed by atoms with Crippen LogP contribution in [0.15, 0.2) is 29.4 Å². The van der Waals surface area contributed by atoms with E-state index in [1.54, 1.807) is 24.3 Å². The first-order valence-corrected chi connectivity index (χ1v) is 6.72. The van der Waals surface area contributed by atoms with E-state index in [1.807, 2.05) is 0 Å². The molecule has 0 saturated heterocycles. The first-order valence-electron chi connectivity index (χ1n) is 6.35. The molecular formula is C14H15ClN2O. The Morgan fingerprint density at radius 3 is 2.94 bits per heavy atom. The molecule has 2 fully saturated rings. The average Bonchev–Trinajstić information content (AvgIpc) is 2.98. The molecule has 2 atom stereocenters. The Morgan fingerprint density at radius 2 is 2.28 bits per heavy atom. The van der Waals surface area contributed by atoms with Gasteiger partial charge in [-0.15, -0.1) is 0 Å². The van der Waals surface area contributed by atoms with Crippen molar-refractivity contribution < 1.29 is 4.79 Å². The Morgan fingerprint density at radius 1 is 1.39 bits per heavy atom. The van der Waals surface area contributed by atoms with Crippen LogP contribution in [0, 0.1) is 11.8 Å². The highest BCUT2D eigenvalue weighted by Gasteiger charge is 2.36. The van der Waals surface area contributed by atoms with Crippen molar-refractivity contribution in [2.24, 2.45) is 16.9 Å². The van der Waals surface area contributed by atoms with Crippen molar-refractivity contribution in [3.05, 3.63) is 34.9 Å². The summed E-state index contributed by atoms with van der Waals surface area (Å²) < 4.78 is 0. The molecule has 1 amide bonds. The lowest BCUT2D eigenvalue weighted by molar-refractivity contribution is 0.0954. The minimum Gasteiger partial charge on any atom is -0.267 e. The summed E-state index contributed by atoms with van der Waals surface area (Å²) in [7, 11) is 0. The zero-order chi connectivity index (χ0) is 12.5. The van der Waals surface area contributed by atoms with Crippen LogP contribution in [0.2, 0.25) is 5.02 Å². The van der Waals surface area contributed by atoms with Crippen LogP contribution < -0.4 is 5.43 Å². The molecule has 2 unspecified atom stereocenters. The fraction of sp³-hybridized carbons (Fsp3) is 0.429. The van der Waals surface area contributed by atoms with E-state index in [9.17, 15) is 4.79 Å². The van der Waals surface area contributed by atoms with Crippen molar-refractivity contribution in [2.75, 3.05) is 0 Å². The minimum atomic E-state index is -0.187. The molecule has 3 rings (SSSR count). The summed E-state index contributed by atoms with van der Waals surface area (Å²) >= 11 is 5.85. The van der Waals surface area contributed by atoms with E-state index in [2.05, 4.69) is 10.5 Å². The summed E-state index contributed by atoms with van der Waals surface area (Å²) in [6.45, 7) is 0. The third-order valence-electron chi connectivity index (χ3n) is 3.90. The zero-order valence-corrected chi connectivity index (χ0v) is 10.8. The van der Waals surface area contributed by atoms with E-state index in [0.717, 1.165) is 12.3 Å². The number of hydrogen-bond donors (Lipinski definition) is 1. The Labute approximate surface area is 111 Å². The summed E-state index contributed by atoms with van der Waals surface area (Å²) in [5.41, 5.74) is 4.36. The number of hydrogen-bond acceptors (Lipinski definition) is 2. The molecule has 2 aliphatic rings. The van der Waals surface area contributed by atoms with Crippen LogP contribution in [-0.2, 0) is 0 Å². The monoisotopic (exact) mass is 262 g/mol. The van der Waals surface area contributed by atoms with Gasteiger partial charge in [0.15, 0.2) is 0 Å². The van der Waals surface area contributed by atoms with Gasteiger partial charge in [0.05, 0.1) is 0 Å². The van der Waals surface area contributed by atoms with Crippen LogP contribution in [0.1, 0.15) is 36.0 Å². The van der Waals surface area contributed by atoms with Gasteiger partial charge in [-0.3, -0.25) is 4.79 Å². The Kier molecular flexibility index (Phi) is 3.08. The first kappa shape index (κ1) is 11.7. The van der Waals surface area contributed by atoms with E-state index in [-0.39, 0.29) is 5.91 Å². The number of carbonyl (C=O) groups excluding carboxylic acids is 1. The minimum absolute atomic E-state index is 0.187. The van der Waals surface area contributed by atoms with Gasteiger partial charge in [-0.05, 0) is 55.7 Å². The number of halogens is 1. The SMILES string of the molecule is O=C(NN=C1CC2CCC1C2)c1cccc(Cl)c1. The van der Waals surface area contributed by atoms with Crippen molar-refractivity contribution in [2.45, 2.75) is 25.7 Å². The average molecular weight is 263 g/mol. The molecule has 0 radical (unpaired) electrons. The summed E-state index contributed by atoms with van der Waals surface area (Å²) in [5, 5.41) is 4.85. The van der Waals surface area contributed by atoms with E-state index in [1.165, 1.54) is 25.0 Å². The van der Waals surface area contributed by atoms with Crippen LogP contribution in [-0.4, -0.2) is 11.6 Å². The van der Waals surface area contributed by atoms with Crippen molar-refractivity contribution in [3.63, 3.8) is 0 Å². The second-order valence-corrected chi connectivity index (χ2v) is 5.57. The topological polar surface area (TPSA) is 41.5 Å². The highest BCUT2D eigenvalue weighted by atomic mass is 35.5. The Balaban J connectivity index is 1.67. The molecule has 2 aliphatic carbocycles. The fourth-order valence-electron chi connectivity index (χ4n) is 2.98. The van der Waals surface area contributed by atoms with Crippen molar-refractivity contribution in [1.29, 1.82) is 0 Å². The van der Waals surface area contributed by atoms with E-state index in [0.29, 0.717) is 16.5 Å². The number of rotatable bonds is 2. The third kappa shape index (κ3) is 2.27. The first-order chi connectivity index (χ1) is 8.72. The van der Waals surface area contributed by atoms with Gasteiger partial charge in [0, 0.05) is 16.3 Å². The van der Waals surface area contributed by atoms with Gasteiger partial charge in [0.2, 0.25) is 0 Å². The van der Waals surface area contributed by atoms with Crippen molar-refractivity contribution >= 4 is 23.2 Å². The number of benzene rings is 1. The number of fused-ring (bicyclic) bond motifs is 2. The summed E-state index contributed by atoms with van der Waals surface area (Å²) in [6.07, 6.45) is 4.87. The van der Waals surface area contributed by atoms with Crippen LogP contribution >= 0.6 is 11.6 Å². The maximum atomic E-state index is 11.9. The van der Waals surface area contributed by atoms with Crippen LogP contribution in [0.3, 0.4) is 0 Å². The lowest BCUT2D eigenvalue weighted by Crippen LogP contribution is -2.21. The smallest absolute Gasteiger partial charge is 0.267 e. The summed E-state index contributed by atoms with van der Waals surface area (Å²) in [4.78, 5) is 11.9. The normalized spacial score (nSPS) is 27.7. The fourth-order valence-corrected chi connectivity index (χ4v) is 3.17. The predicted molar refractivity (Wildman–Crippen MR) is 71.8 cm³/mol. The van der Waals surface area contributed by atoms with Gasteiger partial charge in [0.1, 0.15) is 0 Å². The highest BCUT2D eigenvalue weighted by Crippen LogP contribution is 2.42. The van der Waals surface area contributed by atoms with E-state index < -0.39 is 0 Å². The molecule has 1 aromatic rings. The number of carbonyl (C=O) groups is 1. The Bertz CT molecular complexity index is 512. The summed E-state index contributed by atoms with van der Waals surface area (Å²) in [5.74, 6) is 1.22. The third-order valence-corrected chi connectivity index (χ3v) is 4.13. The van der Waals surface area contributed by atoms with Gasteiger partial charge in [-0.2, -0.15) is 5.10 Å². The van der Waals surface area contributed by atoms with Crippen LogP contribution in [0.25, 0.3) is 0 Å². The van der Waals surface area contributed by atoms with Gasteiger partial charge < -0.3 is 0 Å². The lowest BCUT2D eigenvalue weighted by atomic mass is 9.99. The molecule has 0 aromatic heterocycles. The van der Waals surface area contributed by atoms with Gasteiger partial charge in [0.25, 0.3) is 5.91 Å². The standard InChI is InChI=1S/C14H15ClN2O/c15-12-3-1-2-11(8-12)14(18)17-16-13-7-9-4-5-10(13)6-9/h1-3,8-10H,4-7H2,(H,17,18). The van der Waals surface area contributed by atoms with Crippen molar-refractivity contribution in [3.8, 4) is 0 Å². The largest absolute Gasteiger partial charge is 0.271 e. The second-order valence-electron chi connectivity index (χ2n) is 5.13. The number of nitrogens with one attached hydrogen (secondary N) is 1. The predicted octanol–water partition coefficient (Wildman–Crippen LogP) is 3.25. The summed E-state index contributed by atoms with van der Waals surface area (Å²) in [6, 6.07) is 6.90. The molecule has 1 N–H and O–H groups in total. The quantitative estimate of drug-likeness (QED) is 0.817. The molecular weight excluding hydrogens is 248 g/mol. The lowest BCUT2D eigenvalue weighted by Gasteiger charge is -2.11. The van der Waals surface area contributed by atoms with E-state index in [4.69, 9.17) is 11.6 Å². The van der Waals surface area contributed by atoms with Crippen LogP contribution in [0.4, 0.5) is 0 Å². The zero-order valence-electron chi connectivity index (χ0n) is 10.0. The molecule has 2 saturated carbocycles. The number of hydrazone groups is 1. The van der Waals surface area contributed by atoms with Crippen LogP contribution in [0.5, 0.6) is 0 Å². The molecule has 0 heterocycles. The molecule has 4 heteroatoms. The van der Waals surface area contributed by atoms with Crippen molar-refractivity contribution in [1.82, 2.24) is 5.43 Å². The number of nitrogens with zero attached hydrogens (tertiary/aromatic N) is 1. The molecule has 0 aliphatic heterocycles.